The van der Waals surface area contributed by atoms with Crippen molar-refractivity contribution in [3.8, 4) is 0 Å². The Kier molecular flexibility index (Phi) is 3.92. The van der Waals surface area contributed by atoms with E-state index in [1.165, 1.54) is 0 Å². The van der Waals surface area contributed by atoms with Crippen LogP contribution in [0.2, 0.25) is 10.0 Å². The van der Waals surface area contributed by atoms with E-state index in [1.807, 2.05) is 25.5 Å². The fourth-order valence-electron chi connectivity index (χ4n) is 1.78. The molecule has 6 heteroatoms. The van der Waals surface area contributed by atoms with Gasteiger partial charge in [0.2, 0.25) is 0 Å². The summed E-state index contributed by atoms with van der Waals surface area (Å²) in [4.78, 5) is 0. The molecule has 0 aliphatic carbocycles. The zero-order valence-corrected chi connectivity index (χ0v) is 12.5. The van der Waals surface area contributed by atoms with E-state index in [1.54, 1.807) is 18.2 Å². The molecule has 0 atom stereocenters. The number of hydrogen-bond donors (Lipinski definition) is 2. The predicted molar refractivity (Wildman–Crippen MR) is 81.5 cm³/mol. The standard InChI is InChI=1S/C13H16Cl2N4/c1-7(2)19-13(12(16)8(3)18-19)17-11-6-9(14)4-5-10(11)15/h4-7,17H,16H2,1-3H3. The van der Waals surface area contributed by atoms with E-state index in [4.69, 9.17) is 28.9 Å². The Morgan fingerprint density at radius 1 is 1.32 bits per heavy atom. The Morgan fingerprint density at radius 2 is 2.00 bits per heavy atom. The lowest BCUT2D eigenvalue weighted by Crippen LogP contribution is -2.08. The minimum Gasteiger partial charge on any atom is -0.394 e. The van der Waals surface area contributed by atoms with Crippen molar-refractivity contribution in [1.82, 2.24) is 9.78 Å². The molecule has 102 valence electrons. The zero-order valence-electron chi connectivity index (χ0n) is 11.0. The molecule has 0 bridgehead atoms. The lowest BCUT2D eigenvalue weighted by molar-refractivity contribution is 0.536. The number of aryl methyl sites for hydroxylation is 1. The number of benzene rings is 1. The average molecular weight is 299 g/mol. The van der Waals surface area contributed by atoms with Crippen LogP contribution in [0.5, 0.6) is 0 Å². The molecular weight excluding hydrogens is 283 g/mol. The van der Waals surface area contributed by atoms with Gasteiger partial charge in [0.05, 0.1) is 22.1 Å². The summed E-state index contributed by atoms with van der Waals surface area (Å²) in [5.41, 5.74) is 8.17. The van der Waals surface area contributed by atoms with Gasteiger partial charge in [0.1, 0.15) is 0 Å². The highest BCUT2D eigenvalue weighted by Gasteiger charge is 2.15. The minimum absolute atomic E-state index is 0.191. The van der Waals surface area contributed by atoms with Crippen LogP contribution in [-0.2, 0) is 0 Å². The maximum absolute atomic E-state index is 6.15. The Morgan fingerprint density at radius 3 is 2.63 bits per heavy atom. The molecule has 2 aromatic rings. The summed E-state index contributed by atoms with van der Waals surface area (Å²) in [6, 6.07) is 5.43. The molecule has 1 aromatic carbocycles. The van der Waals surface area contributed by atoms with E-state index in [0.29, 0.717) is 21.4 Å². The molecule has 0 saturated heterocycles. The summed E-state index contributed by atoms with van der Waals surface area (Å²) in [5, 5.41) is 8.81. The molecule has 0 saturated carbocycles. The van der Waals surface area contributed by atoms with Crippen molar-refractivity contribution in [2.45, 2.75) is 26.8 Å². The number of halogens is 2. The van der Waals surface area contributed by atoms with Crippen LogP contribution in [-0.4, -0.2) is 9.78 Å². The molecule has 2 rings (SSSR count). The molecule has 0 unspecified atom stereocenters. The molecule has 3 N–H and O–H groups in total. The summed E-state index contributed by atoms with van der Waals surface area (Å²) in [6.07, 6.45) is 0. The number of anilines is 3. The first-order chi connectivity index (χ1) is 8.90. The van der Waals surface area contributed by atoms with Crippen molar-refractivity contribution in [2.24, 2.45) is 0 Å². The molecule has 0 aliphatic heterocycles. The van der Waals surface area contributed by atoms with Crippen molar-refractivity contribution in [2.75, 3.05) is 11.1 Å². The molecule has 1 heterocycles. The number of nitrogen functional groups attached to an aromatic ring is 1. The largest absolute Gasteiger partial charge is 0.394 e. The third-order valence-corrected chi connectivity index (χ3v) is 3.37. The van der Waals surface area contributed by atoms with Gasteiger partial charge in [-0.25, -0.2) is 4.68 Å². The highest BCUT2D eigenvalue weighted by molar-refractivity contribution is 6.35. The molecule has 0 spiro atoms. The molecule has 0 aliphatic rings. The Labute approximate surface area is 122 Å². The second-order valence-electron chi connectivity index (χ2n) is 4.64. The highest BCUT2D eigenvalue weighted by Crippen LogP contribution is 2.33. The fourth-order valence-corrected chi connectivity index (χ4v) is 2.12. The smallest absolute Gasteiger partial charge is 0.152 e. The summed E-state index contributed by atoms with van der Waals surface area (Å²) < 4.78 is 1.84. The molecule has 19 heavy (non-hydrogen) atoms. The molecule has 0 amide bonds. The summed E-state index contributed by atoms with van der Waals surface area (Å²) in [5.74, 6) is 0.733. The highest BCUT2D eigenvalue weighted by atomic mass is 35.5. The average Bonchev–Trinajstić information content (AvgIpc) is 2.62. The lowest BCUT2D eigenvalue weighted by atomic mass is 10.3. The number of hydrogen-bond acceptors (Lipinski definition) is 3. The number of aromatic nitrogens is 2. The van der Waals surface area contributed by atoms with Gasteiger partial charge in [0.25, 0.3) is 0 Å². The monoisotopic (exact) mass is 298 g/mol. The summed E-state index contributed by atoms with van der Waals surface area (Å²) >= 11 is 12.1. The van der Waals surface area contributed by atoms with Crippen molar-refractivity contribution < 1.29 is 0 Å². The first-order valence-corrected chi connectivity index (χ1v) is 6.72. The molecule has 1 aromatic heterocycles. The SMILES string of the molecule is Cc1nn(C(C)C)c(Nc2cc(Cl)ccc2Cl)c1N. The van der Waals surface area contributed by atoms with Gasteiger partial charge < -0.3 is 11.1 Å². The van der Waals surface area contributed by atoms with Crippen LogP contribution in [0, 0.1) is 6.92 Å². The fraction of sp³-hybridized carbons (Fsp3) is 0.308. The second-order valence-corrected chi connectivity index (χ2v) is 5.48. The molecular formula is C13H16Cl2N4. The first kappa shape index (κ1) is 14.0. The van der Waals surface area contributed by atoms with Gasteiger partial charge in [-0.15, -0.1) is 0 Å². The van der Waals surface area contributed by atoms with Crippen LogP contribution >= 0.6 is 23.2 Å². The van der Waals surface area contributed by atoms with Gasteiger partial charge in [-0.05, 0) is 39.0 Å². The number of nitrogens with two attached hydrogens (primary N) is 1. The van der Waals surface area contributed by atoms with Crippen LogP contribution in [0.25, 0.3) is 0 Å². The maximum Gasteiger partial charge on any atom is 0.152 e. The van der Waals surface area contributed by atoms with Gasteiger partial charge in [0, 0.05) is 11.1 Å². The normalized spacial score (nSPS) is 11.1. The van der Waals surface area contributed by atoms with E-state index < -0.39 is 0 Å². The van der Waals surface area contributed by atoms with Crippen LogP contribution < -0.4 is 11.1 Å². The summed E-state index contributed by atoms with van der Waals surface area (Å²) in [7, 11) is 0. The van der Waals surface area contributed by atoms with Crippen LogP contribution in [0.3, 0.4) is 0 Å². The Hall–Kier alpha value is -1.39. The number of nitrogens with zero attached hydrogens (tertiary/aromatic N) is 2. The van der Waals surface area contributed by atoms with E-state index in [0.717, 1.165) is 11.5 Å². The van der Waals surface area contributed by atoms with Crippen LogP contribution in [0.15, 0.2) is 18.2 Å². The van der Waals surface area contributed by atoms with E-state index in [2.05, 4.69) is 10.4 Å². The van der Waals surface area contributed by atoms with Gasteiger partial charge in [0.15, 0.2) is 5.82 Å². The molecule has 0 radical (unpaired) electrons. The van der Waals surface area contributed by atoms with Crippen molar-refractivity contribution >= 4 is 40.4 Å². The number of nitrogens with one attached hydrogen (secondary N) is 1. The van der Waals surface area contributed by atoms with E-state index in [9.17, 15) is 0 Å². The molecule has 0 fully saturated rings. The van der Waals surface area contributed by atoms with Crippen LogP contribution in [0.1, 0.15) is 25.6 Å². The topological polar surface area (TPSA) is 55.9 Å². The summed E-state index contributed by atoms with van der Waals surface area (Å²) in [6.45, 7) is 5.95. The third-order valence-electron chi connectivity index (χ3n) is 2.80. The van der Waals surface area contributed by atoms with Crippen molar-refractivity contribution in [3.05, 3.63) is 33.9 Å². The van der Waals surface area contributed by atoms with E-state index in [-0.39, 0.29) is 6.04 Å². The zero-order chi connectivity index (χ0) is 14.2. The minimum atomic E-state index is 0.191. The van der Waals surface area contributed by atoms with E-state index >= 15 is 0 Å². The lowest BCUT2D eigenvalue weighted by Gasteiger charge is -2.14. The van der Waals surface area contributed by atoms with Crippen molar-refractivity contribution in [1.29, 1.82) is 0 Å². The van der Waals surface area contributed by atoms with Gasteiger partial charge in [-0.1, -0.05) is 23.2 Å². The van der Waals surface area contributed by atoms with Gasteiger partial charge in [-0.3, -0.25) is 0 Å². The second kappa shape index (κ2) is 5.31. The Balaban J connectivity index is 2.45. The quantitative estimate of drug-likeness (QED) is 0.883. The first-order valence-electron chi connectivity index (χ1n) is 5.96. The number of rotatable bonds is 3. The maximum atomic E-state index is 6.15. The Bertz CT molecular complexity index is 605. The molecule has 4 nitrogen and oxygen atoms in total. The van der Waals surface area contributed by atoms with Crippen molar-refractivity contribution in [3.63, 3.8) is 0 Å². The van der Waals surface area contributed by atoms with Crippen LogP contribution in [0.4, 0.5) is 17.2 Å². The van der Waals surface area contributed by atoms with Gasteiger partial charge in [-0.2, -0.15) is 5.10 Å². The van der Waals surface area contributed by atoms with Gasteiger partial charge >= 0.3 is 0 Å². The third kappa shape index (κ3) is 2.80. The predicted octanol–water partition coefficient (Wildman–Crippen LogP) is 4.41.